The molecule has 2 rings (SSSR count). The zero-order chi connectivity index (χ0) is 14.0. The van der Waals surface area contributed by atoms with Gasteiger partial charge in [-0.25, -0.2) is 0 Å². The van der Waals surface area contributed by atoms with Gasteiger partial charge in [0.05, 0.1) is 12.6 Å². The minimum atomic E-state index is -0.0126. The normalized spacial score (nSPS) is 19.6. The van der Waals surface area contributed by atoms with Crippen LogP contribution >= 0.6 is 0 Å². The first-order valence-electron chi connectivity index (χ1n) is 7.04. The standard InChI is InChI=1S/C16H23NO2/c1-11-8-12(2)15(13(3)9-11)16(19)17-7-5-4-6-14(17)10-18/h8-9,14,18H,4-7,10H2,1-3H3. The van der Waals surface area contributed by atoms with Crippen LogP contribution in [0.5, 0.6) is 0 Å². The van der Waals surface area contributed by atoms with E-state index in [1.807, 2.05) is 25.7 Å². The lowest BCUT2D eigenvalue weighted by Gasteiger charge is -2.35. The fraction of sp³-hybridized carbons (Fsp3) is 0.562. The molecule has 0 radical (unpaired) electrons. The number of nitrogens with zero attached hydrogens (tertiary/aromatic N) is 1. The topological polar surface area (TPSA) is 40.5 Å². The third-order valence-electron chi connectivity index (χ3n) is 3.99. The highest BCUT2D eigenvalue weighted by Gasteiger charge is 2.28. The van der Waals surface area contributed by atoms with Gasteiger partial charge in [-0.1, -0.05) is 17.7 Å². The van der Waals surface area contributed by atoms with Crippen molar-refractivity contribution in [3.8, 4) is 0 Å². The van der Waals surface area contributed by atoms with Gasteiger partial charge in [0.1, 0.15) is 0 Å². The number of carbonyl (C=O) groups excluding carboxylic acids is 1. The number of aliphatic hydroxyl groups is 1. The Morgan fingerprint density at radius 3 is 2.47 bits per heavy atom. The lowest BCUT2D eigenvalue weighted by Crippen LogP contribution is -2.46. The van der Waals surface area contributed by atoms with E-state index >= 15 is 0 Å². The first-order valence-corrected chi connectivity index (χ1v) is 7.04. The molecule has 1 aliphatic rings. The minimum Gasteiger partial charge on any atom is -0.394 e. The van der Waals surface area contributed by atoms with Crippen LogP contribution in [-0.4, -0.2) is 35.1 Å². The molecule has 1 fully saturated rings. The van der Waals surface area contributed by atoms with E-state index in [1.165, 1.54) is 5.56 Å². The van der Waals surface area contributed by atoms with Crippen LogP contribution in [0.2, 0.25) is 0 Å². The highest BCUT2D eigenvalue weighted by Crippen LogP contribution is 2.23. The number of aliphatic hydroxyl groups excluding tert-OH is 1. The van der Waals surface area contributed by atoms with Crippen LogP contribution < -0.4 is 0 Å². The Morgan fingerprint density at radius 1 is 1.26 bits per heavy atom. The van der Waals surface area contributed by atoms with E-state index in [9.17, 15) is 9.90 Å². The van der Waals surface area contributed by atoms with Crippen LogP contribution in [0.4, 0.5) is 0 Å². The molecule has 0 spiro atoms. The molecule has 0 aromatic heterocycles. The molecule has 1 atom stereocenters. The van der Waals surface area contributed by atoms with Crippen molar-refractivity contribution in [3.05, 3.63) is 34.4 Å². The first kappa shape index (κ1) is 14.1. The third-order valence-corrected chi connectivity index (χ3v) is 3.99. The van der Waals surface area contributed by atoms with Crippen molar-refractivity contribution in [1.29, 1.82) is 0 Å². The Bertz CT molecular complexity index is 459. The summed E-state index contributed by atoms with van der Waals surface area (Å²) in [4.78, 5) is 14.6. The Hall–Kier alpha value is -1.35. The van der Waals surface area contributed by atoms with Crippen molar-refractivity contribution in [1.82, 2.24) is 4.90 Å². The lowest BCUT2D eigenvalue weighted by molar-refractivity contribution is 0.0501. The first-order chi connectivity index (χ1) is 9.04. The van der Waals surface area contributed by atoms with Gasteiger partial charge in [-0.2, -0.15) is 0 Å². The zero-order valence-corrected chi connectivity index (χ0v) is 12.1. The Morgan fingerprint density at radius 2 is 1.89 bits per heavy atom. The van der Waals surface area contributed by atoms with Gasteiger partial charge in [0, 0.05) is 12.1 Å². The van der Waals surface area contributed by atoms with Crippen molar-refractivity contribution in [2.75, 3.05) is 13.2 Å². The molecular weight excluding hydrogens is 238 g/mol. The van der Waals surface area contributed by atoms with Crippen LogP contribution in [0.15, 0.2) is 12.1 Å². The second-order valence-electron chi connectivity index (χ2n) is 5.60. The zero-order valence-electron chi connectivity index (χ0n) is 12.1. The number of amides is 1. The molecule has 0 bridgehead atoms. The van der Waals surface area contributed by atoms with Crippen molar-refractivity contribution in [3.63, 3.8) is 0 Å². The molecule has 3 nitrogen and oxygen atoms in total. The summed E-state index contributed by atoms with van der Waals surface area (Å²) in [6.45, 7) is 6.86. The molecule has 1 saturated heterocycles. The van der Waals surface area contributed by atoms with Crippen molar-refractivity contribution < 1.29 is 9.90 Å². The van der Waals surface area contributed by atoms with E-state index < -0.39 is 0 Å². The number of piperidine rings is 1. The average molecular weight is 261 g/mol. The van der Waals surface area contributed by atoms with Gasteiger partial charge < -0.3 is 10.0 Å². The van der Waals surface area contributed by atoms with Gasteiger partial charge in [0.25, 0.3) is 5.91 Å². The molecule has 3 heteroatoms. The summed E-state index contributed by atoms with van der Waals surface area (Å²) in [6.07, 6.45) is 3.04. The van der Waals surface area contributed by atoms with Crippen LogP contribution in [-0.2, 0) is 0 Å². The SMILES string of the molecule is Cc1cc(C)c(C(=O)N2CCCCC2CO)c(C)c1. The summed E-state index contributed by atoms with van der Waals surface area (Å²) in [5, 5.41) is 9.45. The second kappa shape index (κ2) is 5.74. The quantitative estimate of drug-likeness (QED) is 0.889. The summed E-state index contributed by atoms with van der Waals surface area (Å²) in [5.41, 5.74) is 4.06. The maximum Gasteiger partial charge on any atom is 0.254 e. The summed E-state index contributed by atoms with van der Waals surface area (Å²) >= 11 is 0. The number of likely N-dealkylation sites (tertiary alicyclic amines) is 1. The molecule has 19 heavy (non-hydrogen) atoms. The number of rotatable bonds is 2. The van der Waals surface area contributed by atoms with Crippen LogP contribution in [0.1, 0.15) is 46.3 Å². The smallest absolute Gasteiger partial charge is 0.254 e. The molecule has 0 aliphatic carbocycles. The lowest BCUT2D eigenvalue weighted by atomic mass is 9.96. The molecular formula is C16H23NO2. The maximum atomic E-state index is 12.7. The number of benzene rings is 1. The van der Waals surface area contributed by atoms with Gasteiger partial charge >= 0.3 is 0 Å². The summed E-state index contributed by atoms with van der Waals surface area (Å²) in [6, 6.07) is 4.09. The molecule has 1 aromatic rings. The minimum absolute atomic E-state index is 0.0126. The Balaban J connectivity index is 2.33. The van der Waals surface area contributed by atoms with Gasteiger partial charge in [-0.05, 0) is 51.2 Å². The number of hydrogen-bond acceptors (Lipinski definition) is 2. The number of aryl methyl sites for hydroxylation is 3. The maximum absolute atomic E-state index is 12.7. The fourth-order valence-corrected chi connectivity index (χ4v) is 3.12. The van der Waals surface area contributed by atoms with Gasteiger partial charge in [0.15, 0.2) is 0 Å². The van der Waals surface area contributed by atoms with Crippen molar-refractivity contribution in [2.24, 2.45) is 0 Å². The van der Waals surface area contributed by atoms with E-state index in [4.69, 9.17) is 0 Å². The molecule has 1 amide bonds. The highest BCUT2D eigenvalue weighted by atomic mass is 16.3. The second-order valence-corrected chi connectivity index (χ2v) is 5.60. The highest BCUT2D eigenvalue weighted by molar-refractivity contribution is 5.97. The average Bonchev–Trinajstić information content (AvgIpc) is 2.37. The predicted octanol–water partition coefficient (Wildman–Crippen LogP) is 2.60. The third kappa shape index (κ3) is 2.81. The number of carbonyl (C=O) groups is 1. The molecule has 1 aliphatic heterocycles. The molecule has 1 N–H and O–H groups in total. The molecule has 0 saturated carbocycles. The summed E-state index contributed by atoms with van der Waals surface area (Å²) in [5.74, 6) is 0.0775. The van der Waals surface area contributed by atoms with Crippen LogP contribution in [0.25, 0.3) is 0 Å². The molecule has 104 valence electrons. The number of hydrogen-bond donors (Lipinski definition) is 1. The van der Waals surface area contributed by atoms with Crippen LogP contribution in [0, 0.1) is 20.8 Å². The van der Waals surface area contributed by atoms with Crippen molar-refractivity contribution >= 4 is 5.91 Å². The van der Waals surface area contributed by atoms with E-state index in [-0.39, 0.29) is 18.6 Å². The van der Waals surface area contributed by atoms with Crippen molar-refractivity contribution in [2.45, 2.75) is 46.1 Å². The van der Waals surface area contributed by atoms with E-state index in [2.05, 4.69) is 12.1 Å². The summed E-state index contributed by atoms with van der Waals surface area (Å²) < 4.78 is 0. The Kier molecular flexibility index (Phi) is 4.25. The molecule has 1 heterocycles. The van der Waals surface area contributed by atoms with E-state index in [1.54, 1.807) is 0 Å². The van der Waals surface area contributed by atoms with Crippen LogP contribution in [0.3, 0.4) is 0 Å². The van der Waals surface area contributed by atoms with E-state index in [0.29, 0.717) is 0 Å². The summed E-state index contributed by atoms with van der Waals surface area (Å²) in [7, 11) is 0. The largest absolute Gasteiger partial charge is 0.394 e. The Labute approximate surface area is 115 Å². The van der Waals surface area contributed by atoms with E-state index in [0.717, 1.165) is 42.5 Å². The van der Waals surface area contributed by atoms with Gasteiger partial charge in [-0.3, -0.25) is 4.79 Å². The monoisotopic (exact) mass is 261 g/mol. The predicted molar refractivity (Wildman–Crippen MR) is 76.4 cm³/mol. The fourth-order valence-electron chi connectivity index (χ4n) is 3.12. The molecule has 1 unspecified atom stereocenters. The van der Waals surface area contributed by atoms with Gasteiger partial charge in [0.2, 0.25) is 0 Å². The van der Waals surface area contributed by atoms with Gasteiger partial charge in [-0.15, -0.1) is 0 Å². The molecule has 1 aromatic carbocycles.